The Bertz CT molecular complexity index is 589. The van der Waals surface area contributed by atoms with Crippen molar-refractivity contribution in [3.05, 3.63) is 12.5 Å². The van der Waals surface area contributed by atoms with Crippen LogP contribution in [-0.2, 0) is 10.3 Å². The molecule has 0 atom stereocenters. The minimum absolute atomic E-state index is 0.115. The first-order valence-corrected chi connectivity index (χ1v) is 7.13. The third-order valence-electron chi connectivity index (χ3n) is 3.17. The van der Waals surface area contributed by atoms with Crippen LogP contribution >= 0.6 is 0 Å². The van der Waals surface area contributed by atoms with E-state index in [1.54, 1.807) is 6.33 Å². The summed E-state index contributed by atoms with van der Waals surface area (Å²) in [6, 6.07) is 0. The molecule has 2 heterocycles. The summed E-state index contributed by atoms with van der Waals surface area (Å²) in [6.45, 7) is 8.79. The molecule has 0 unspecified atom stereocenters. The number of hydrogen-bond donors (Lipinski definition) is 1. The molecule has 0 aliphatic heterocycles. The number of fused-ring (bicyclic) bond motifs is 1. The molecule has 0 saturated heterocycles. The van der Waals surface area contributed by atoms with E-state index < -0.39 is 0 Å². The number of aromatic nitrogens is 4. The second-order valence-electron chi connectivity index (χ2n) is 5.98. The smallest absolute Gasteiger partial charge is 0.163 e. The largest absolute Gasteiger partial charge is 0.378 e. The van der Waals surface area contributed by atoms with Gasteiger partial charge in [0.2, 0.25) is 0 Å². The van der Waals surface area contributed by atoms with E-state index in [4.69, 9.17) is 10.5 Å². The number of anilines is 1. The first-order valence-electron chi connectivity index (χ1n) is 7.13. The Morgan fingerprint density at radius 2 is 2.05 bits per heavy atom. The molecule has 0 aromatic carbocycles. The summed E-state index contributed by atoms with van der Waals surface area (Å²) < 4.78 is 7.34. The van der Waals surface area contributed by atoms with Gasteiger partial charge in [-0.2, -0.15) is 5.10 Å². The molecule has 7 heteroatoms. The van der Waals surface area contributed by atoms with Crippen LogP contribution in [0, 0.1) is 0 Å². The molecule has 2 rings (SSSR count). The molecular weight excluding hydrogens is 268 g/mol. The highest BCUT2D eigenvalue weighted by atomic mass is 16.5. The van der Waals surface area contributed by atoms with Gasteiger partial charge in [-0.3, -0.25) is 0 Å². The number of nitrogens with two attached hydrogens (primary N) is 1. The Morgan fingerprint density at radius 1 is 1.29 bits per heavy atom. The molecule has 116 valence electrons. The first-order chi connectivity index (χ1) is 9.95. The van der Waals surface area contributed by atoms with E-state index in [0.29, 0.717) is 19.8 Å². The molecule has 0 fully saturated rings. The van der Waals surface area contributed by atoms with Gasteiger partial charge in [-0.05, 0) is 20.8 Å². The second-order valence-corrected chi connectivity index (χ2v) is 5.98. The van der Waals surface area contributed by atoms with Gasteiger partial charge in [-0.15, -0.1) is 0 Å². The van der Waals surface area contributed by atoms with Crippen molar-refractivity contribution >= 4 is 16.9 Å². The summed E-state index contributed by atoms with van der Waals surface area (Å²) in [7, 11) is 1.99. The van der Waals surface area contributed by atoms with Crippen molar-refractivity contribution in [3.63, 3.8) is 0 Å². The van der Waals surface area contributed by atoms with Crippen molar-refractivity contribution in [2.45, 2.75) is 26.3 Å². The summed E-state index contributed by atoms with van der Waals surface area (Å²) in [4.78, 5) is 10.8. The van der Waals surface area contributed by atoms with Crippen LogP contribution in [0.25, 0.3) is 11.0 Å². The summed E-state index contributed by atoms with van der Waals surface area (Å²) in [5.74, 6) is 0.867. The standard InChI is InChI=1S/C14H24N6O/c1-14(2,3)20-13-11(9-18-20)12(16-10-17-13)19(4)6-8-21-7-5-15/h9-10H,5-8,15H2,1-4H3. The zero-order valence-electron chi connectivity index (χ0n) is 13.2. The van der Waals surface area contributed by atoms with Gasteiger partial charge in [0.25, 0.3) is 0 Å². The Hall–Kier alpha value is -1.73. The van der Waals surface area contributed by atoms with E-state index in [9.17, 15) is 0 Å². The van der Waals surface area contributed by atoms with Crippen LogP contribution in [0.4, 0.5) is 5.82 Å². The third-order valence-corrected chi connectivity index (χ3v) is 3.17. The quantitative estimate of drug-likeness (QED) is 0.800. The van der Waals surface area contributed by atoms with Gasteiger partial charge in [-0.25, -0.2) is 14.6 Å². The van der Waals surface area contributed by atoms with Crippen LogP contribution in [0.3, 0.4) is 0 Å². The number of hydrogen-bond acceptors (Lipinski definition) is 6. The van der Waals surface area contributed by atoms with Gasteiger partial charge in [0.05, 0.1) is 30.3 Å². The average molecular weight is 292 g/mol. The van der Waals surface area contributed by atoms with Gasteiger partial charge < -0.3 is 15.4 Å². The van der Waals surface area contributed by atoms with Crippen LogP contribution in [-0.4, -0.2) is 53.1 Å². The topological polar surface area (TPSA) is 82.1 Å². The van der Waals surface area contributed by atoms with Crippen molar-refractivity contribution in [3.8, 4) is 0 Å². The minimum Gasteiger partial charge on any atom is -0.378 e. The Balaban J connectivity index is 2.23. The molecular formula is C14H24N6O. The van der Waals surface area contributed by atoms with Gasteiger partial charge in [0, 0.05) is 20.1 Å². The van der Waals surface area contributed by atoms with Crippen LogP contribution in [0.5, 0.6) is 0 Å². The van der Waals surface area contributed by atoms with Crippen molar-refractivity contribution in [2.24, 2.45) is 5.73 Å². The second kappa shape index (κ2) is 6.36. The molecule has 21 heavy (non-hydrogen) atoms. The normalized spacial score (nSPS) is 12.0. The van der Waals surface area contributed by atoms with E-state index in [1.165, 1.54) is 0 Å². The Morgan fingerprint density at radius 3 is 2.71 bits per heavy atom. The number of ether oxygens (including phenoxy) is 1. The van der Waals surface area contributed by atoms with Crippen molar-refractivity contribution in [2.75, 3.05) is 38.3 Å². The molecule has 0 radical (unpaired) electrons. The monoisotopic (exact) mass is 292 g/mol. The Labute approximate surface area is 125 Å². The summed E-state index contributed by atoms with van der Waals surface area (Å²) >= 11 is 0. The van der Waals surface area contributed by atoms with Gasteiger partial charge in [0.15, 0.2) is 5.65 Å². The Kier molecular flexibility index (Phi) is 4.74. The van der Waals surface area contributed by atoms with E-state index in [0.717, 1.165) is 23.4 Å². The van der Waals surface area contributed by atoms with E-state index >= 15 is 0 Å². The SMILES string of the molecule is CN(CCOCCN)c1ncnc2c1cnn2C(C)(C)C. The molecule has 2 aromatic heterocycles. The van der Waals surface area contributed by atoms with Crippen LogP contribution < -0.4 is 10.6 Å². The molecule has 0 amide bonds. The van der Waals surface area contributed by atoms with Crippen LogP contribution in [0.2, 0.25) is 0 Å². The molecule has 0 aliphatic rings. The van der Waals surface area contributed by atoms with Gasteiger partial charge in [0.1, 0.15) is 12.1 Å². The van der Waals surface area contributed by atoms with Gasteiger partial charge >= 0.3 is 0 Å². The maximum absolute atomic E-state index is 5.42. The number of rotatable bonds is 6. The predicted octanol–water partition coefficient (Wildman–Crippen LogP) is 0.993. The molecule has 0 saturated carbocycles. The first kappa shape index (κ1) is 15.7. The lowest BCUT2D eigenvalue weighted by Gasteiger charge is -2.21. The fourth-order valence-corrected chi connectivity index (χ4v) is 2.12. The van der Waals surface area contributed by atoms with Gasteiger partial charge in [-0.1, -0.05) is 0 Å². The lowest BCUT2D eigenvalue weighted by Crippen LogP contribution is -2.25. The summed E-state index contributed by atoms with van der Waals surface area (Å²) in [5.41, 5.74) is 6.14. The highest BCUT2D eigenvalue weighted by molar-refractivity contribution is 5.86. The average Bonchev–Trinajstić information content (AvgIpc) is 2.87. The maximum atomic E-state index is 5.42. The van der Waals surface area contributed by atoms with E-state index in [2.05, 4.69) is 40.7 Å². The molecule has 0 spiro atoms. The highest BCUT2D eigenvalue weighted by Crippen LogP contribution is 2.25. The fourth-order valence-electron chi connectivity index (χ4n) is 2.12. The predicted molar refractivity (Wildman–Crippen MR) is 83.5 cm³/mol. The maximum Gasteiger partial charge on any atom is 0.163 e. The molecule has 7 nitrogen and oxygen atoms in total. The zero-order chi connectivity index (χ0) is 15.5. The number of likely N-dealkylation sites (N-methyl/N-ethyl adjacent to an activating group) is 1. The summed E-state index contributed by atoms with van der Waals surface area (Å²) in [6.07, 6.45) is 3.41. The third kappa shape index (κ3) is 3.48. The van der Waals surface area contributed by atoms with Crippen LogP contribution in [0.1, 0.15) is 20.8 Å². The fraction of sp³-hybridized carbons (Fsp3) is 0.643. The molecule has 2 N–H and O–H groups in total. The molecule has 0 bridgehead atoms. The molecule has 0 aliphatic carbocycles. The van der Waals surface area contributed by atoms with E-state index in [-0.39, 0.29) is 5.54 Å². The van der Waals surface area contributed by atoms with Crippen molar-refractivity contribution in [1.82, 2.24) is 19.7 Å². The van der Waals surface area contributed by atoms with Crippen molar-refractivity contribution in [1.29, 1.82) is 0 Å². The number of nitrogens with zero attached hydrogens (tertiary/aromatic N) is 5. The van der Waals surface area contributed by atoms with Crippen molar-refractivity contribution < 1.29 is 4.74 Å². The zero-order valence-corrected chi connectivity index (χ0v) is 13.2. The van der Waals surface area contributed by atoms with E-state index in [1.807, 2.05) is 17.9 Å². The lowest BCUT2D eigenvalue weighted by molar-refractivity contribution is 0.148. The summed E-state index contributed by atoms with van der Waals surface area (Å²) in [5, 5.41) is 5.41. The highest BCUT2D eigenvalue weighted by Gasteiger charge is 2.20. The lowest BCUT2D eigenvalue weighted by atomic mass is 10.1. The minimum atomic E-state index is -0.115. The van der Waals surface area contributed by atoms with Crippen LogP contribution in [0.15, 0.2) is 12.5 Å². The molecule has 2 aromatic rings.